The third-order valence-electron chi connectivity index (χ3n) is 4.16. The minimum atomic E-state index is -0.828. The number of hydrogen-bond donors (Lipinski definition) is 1. The highest BCUT2D eigenvalue weighted by Gasteiger charge is 2.29. The van der Waals surface area contributed by atoms with Crippen LogP contribution in [0.3, 0.4) is 0 Å². The van der Waals surface area contributed by atoms with Crippen molar-refractivity contribution in [2.75, 3.05) is 18.0 Å². The summed E-state index contributed by atoms with van der Waals surface area (Å²) in [7, 11) is 0. The van der Waals surface area contributed by atoms with Crippen molar-refractivity contribution in [3.05, 3.63) is 65.2 Å². The fraction of sp³-hybridized carbons (Fsp3) is 0.333. The molecule has 0 saturated carbocycles. The van der Waals surface area contributed by atoms with Crippen LogP contribution in [0.5, 0.6) is 0 Å². The van der Waals surface area contributed by atoms with Crippen LogP contribution in [0.2, 0.25) is 0 Å². The zero-order valence-corrected chi connectivity index (χ0v) is 12.1. The first kappa shape index (κ1) is 13.2. The number of β-amino-alcohol motifs (C(OH)–C–C–N with tert-alkyl or cyclic N) is 1. The van der Waals surface area contributed by atoms with Crippen LogP contribution in [-0.4, -0.2) is 18.2 Å². The summed E-state index contributed by atoms with van der Waals surface area (Å²) in [6.07, 6.45) is 1.07. The zero-order valence-electron chi connectivity index (χ0n) is 12.1. The number of nitrogens with zero attached hydrogens (tertiary/aromatic N) is 1. The third kappa shape index (κ3) is 2.44. The Kier molecular flexibility index (Phi) is 3.27. The molecule has 0 spiro atoms. The first-order valence-corrected chi connectivity index (χ1v) is 7.19. The first-order valence-electron chi connectivity index (χ1n) is 7.19. The van der Waals surface area contributed by atoms with Crippen molar-refractivity contribution in [3.63, 3.8) is 0 Å². The number of hydrogen-bond acceptors (Lipinski definition) is 2. The lowest BCUT2D eigenvalue weighted by atomic mass is 9.94. The second-order valence-corrected chi connectivity index (χ2v) is 5.94. The van der Waals surface area contributed by atoms with Gasteiger partial charge in [-0.1, -0.05) is 48.0 Å². The van der Waals surface area contributed by atoms with Gasteiger partial charge in [0.05, 0.1) is 6.54 Å². The molecule has 2 aromatic carbocycles. The molecule has 0 fully saturated rings. The maximum absolute atomic E-state index is 10.8. The fourth-order valence-electron chi connectivity index (χ4n) is 2.95. The van der Waals surface area contributed by atoms with E-state index in [4.69, 9.17) is 0 Å². The first-order chi connectivity index (χ1) is 9.56. The van der Waals surface area contributed by atoms with Gasteiger partial charge in [0.15, 0.2) is 0 Å². The Labute approximate surface area is 120 Å². The van der Waals surface area contributed by atoms with Crippen molar-refractivity contribution in [1.82, 2.24) is 0 Å². The number of anilines is 1. The van der Waals surface area contributed by atoms with Gasteiger partial charge in [-0.25, -0.2) is 0 Å². The topological polar surface area (TPSA) is 23.5 Å². The van der Waals surface area contributed by atoms with Crippen molar-refractivity contribution in [2.24, 2.45) is 0 Å². The molecule has 1 unspecified atom stereocenters. The molecule has 0 radical (unpaired) electrons. The van der Waals surface area contributed by atoms with Crippen molar-refractivity contribution in [2.45, 2.75) is 25.9 Å². The van der Waals surface area contributed by atoms with E-state index in [9.17, 15) is 5.11 Å². The molecule has 1 aliphatic heterocycles. The monoisotopic (exact) mass is 267 g/mol. The summed E-state index contributed by atoms with van der Waals surface area (Å²) in [5.41, 5.74) is 4.01. The Balaban J connectivity index is 1.82. The van der Waals surface area contributed by atoms with E-state index >= 15 is 0 Å². The molecule has 2 aromatic rings. The Bertz CT molecular complexity index is 601. The van der Waals surface area contributed by atoms with Gasteiger partial charge in [0, 0.05) is 12.2 Å². The van der Waals surface area contributed by atoms with E-state index in [0.29, 0.717) is 6.54 Å². The molecular weight excluding hydrogens is 246 g/mol. The highest BCUT2D eigenvalue weighted by Crippen LogP contribution is 2.31. The van der Waals surface area contributed by atoms with Gasteiger partial charge in [-0.15, -0.1) is 0 Å². The van der Waals surface area contributed by atoms with E-state index in [0.717, 1.165) is 18.5 Å². The van der Waals surface area contributed by atoms with E-state index in [1.54, 1.807) is 0 Å². The van der Waals surface area contributed by atoms with Gasteiger partial charge >= 0.3 is 0 Å². The number of benzene rings is 2. The van der Waals surface area contributed by atoms with Crippen LogP contribution < -0.4 is 4.90 Å². The lowest BCUT2D eigenvalue weighted by Gasteiger charge is -2.31. The molecule has 0 aromatic heterocycles. The van der Waals surface area contributed by atoms with Gasteiger partial charge in [0.25, 0.3) is 0 Å². The van der Waals surface area contributed by atoms with E-state index in [1.807, 2.05) is 19.1 Å². The maximum atomic E-state index is 10.8. The van der Waals surface area contributed by atoms with Crippen LogP contribution >= 0.6 is 0 Å². The van der Waals surface area contributed by atoms with Crippen LogP contribution in [-0.2, 0) is 12.0 Å². The number of para-hydroxylation sites is 1. The van der Waals surface area contributed by atoms with E-state index in [1.165, 1.54) is 16.8 Å². The Morgan fingerprint density at radius 3 is 2.55 bits per heavy atom. The van der Waals surface area contributed by atoms with Gasteiger partial charge in [0.1, 0.15) is 5.60 Å². The standard InChI is InChI=1S/C18H21NO/c1-14-7-9-16(10-8-14)18(2,20)13-19-12-11-15-5-3-4-6-17(15)19/h3-10,20H,11-13H2,1-2H3. The third-order valence-corrected chi connectivity index (χ3v) is 4.16. The lowest BCUT2D eigenvalue weighted by molar-refractivity contribution is 0.0649. The quantitative estimate of drug-likeness (QED) is 0.922. The van der Waals surface area contributed by atoms with Crippen LogP contribution in [0, 0.1) is 6.92 Å². The SMILES string of the molecule is Cc1ccc(C(C)(O)CN2CCc3ccccc32)cc1. The van der Waals surface area contributed by atoms with Gasteiger partial charge in [-0.2, -0.15) is 0 Å². The molecular formula is C18H21NO. The zero-order chi connectivity index (χ0) is 14.2. The molecule has 1 heterocycles. The summed E-state index contributed by atoms with van der Waals surface area (Å²) in [5, 5.41) is 10.8. The summed E-state index contributed by atoms with van der Waals surface area (Å²) in [6, 6.07) is 16.6. The highest BCUT2D eigenvalue weighted by molar-refractivity contribution is 5.58. The Morgan fingerprint density at radius 2 is 1.80 bits per heavy atom. The fourth-order valence-corrected chi connectivity index (χ4v) is 2.95. The molecule has 3 rings (SSSR count). The minimum absolute atomic E-state index is 0.632. The van der Waals surface area contributed by atoms with Crippen LogP contribution in [0.4, 0.5) is 5.69 Å². The summed E-state index contributed by atoms with van der Waals surface area (Å²) < 4.78 is 0. The molecule has 1 atom stereocenters. The van der Waals surface area contributed by atoms with Gasteiger partial charge < -0.3 is 10.0 Å². The highest BCUT2D eigenvalue weighted by atomic mass is 16.3. The molecule has 0 amide bonds. The van der Waals surface area contributed by atoms with E-state index in [2.05, 4.69) is 48.2 Å². The second kappa shape index (κ2) is 4.95. The number of aliphatic hydroxyl groups is 1. The summed E-state index contributed by atoms with van der Waals surface area (Å²) in [5.74, 6) is 0. The van der Waals surface area contributed by atoms with Crippen LogP contribution in [0.25, 0.3) is 0 Å². The summed E-state index contributed by atoms with van der Waals surface area (Å²) in [4.78, 5) is 2.29. The molecule has 1 N–H and O–H groups in total. The number of rotatable bonds is 3. The van der Waals surface area contributed by atoms with Gasteiger partial charge in [-0.05, 0) is 37.5 Å². The second-order valence-electron chi connectivity index (χ2n) is 5.94. The molecule has 104 valence electrons. The Morgan fingerprint density at radius 1 is 1.10 bits per heavy atom. The normalized spacial score (nSPS) is 16.9. The van der Waals surface area contributed by atoms with Crippen molar-refractivity contribution >= 4 is 5.69 Å². The van der Waals surface area contributed by atoms with Crippen molar-refractivity contribution in [1.29, 1.82) is 0 Å². The summed E-state index contributed by atoms with van der Waals surface area (Å²) in [6.45, 7) is 5.59. The smallest absolute Gasteiger partial charge is 0.104 e. The molecule has 0 bridgehead atoms. The predicted molar refractivity (Wildman–Crippen MR) is 83.1 cm³/mol. The molecule has 0 aliphatic carbocycles. The molecule has 20 heavy (non-hydrogen) atoms. The van der Waals surface area contributed by atoms with E-state index < -0.39 is 5.60 Å². The Hall–Kier alpha value is -1.80. The van der Waals surface area contributed by atoms with Gasteiger partial charge in [0.2, 0.25) is 0 Å². The molecule has 1 aliphatic rings. The summed E-state index contributed by atoms with van der Waals surface area (Å²) >= 11 is 0. The minimum Gasteiger partial charge on any atom is -0.384 e. The lowest BCUT2D eigenvalue weighted by Crippen LogP contribution is -2.38. The van der Waals surface area contributed by atoms with Crippen LogP contribution in [0.15, 0.2) is 48.5 Å². The van der Waals surface area contributed by atoms with Crippen molar-refractivity contribution < 1.29 is 5.11 Å². The van der Waals surface area contributed by atoms with Gasteiger partial charge in [-0.3, -0.25) is 0 Å². The van der Waals surface area contributed by atoms with E-state index in [-0.39, 0.29) is 0 Å². The largest absolute Gasteiger partial charge is 0.384 e. The molecule has 2 heteroatoms. The molecule has 2 nitrogen and oxygen atoms in total. The number of aryl methyl sites for hydroxylation is 1. The predicted octanol–water partition coefficient (Wildman–Crippen LogP) is 3.27. The van der Waals surface area contributed by atoms with Crippen molar-refractivity contribution in [3.8, 4) is 0 Å². The average Bonchev–Trinajstić information content (AvgIpc) is 2.82. The maximum Gasteiger partial charge on any atom is 0.104 e. The number of fused-ring (bicyclic) bond motifs is 1. The van der Waals surface area contributed by atoms with Crippen LogP contribution in [0.1, 0.15) is 23.6 Å². The molecule has 0 saturated heterocycles. The average molecular weight is 267 g/mol.